The molecule has 0 amide bonds. The molecule has 0 bridgehead atoms. The van der Waals surface area contributed by atoms with E-state index in [1.165, 1.54) is 96.0 Å². The SMILES string of the molecule is Cc1c(C)c(C)c2c(sc3c(C)c4c(sc5c(C)c(C)c(C)c(C)c54)c(C)c32)c1C. The van der Waals surface area contributed by atoms with Gasteiger partial charge in [0.05, 0.1) is 0 Å². The first-order chi connectivity index (χ1) is 14.1. The molecule has 0 aliphatic rings. The van der Waals surface area contributed by atoms with Gasteiger partial charge in [-0.3, -0.25) is 0 Å². The van der Waals surface area contributed by atoms with Crippen LogP contribution in [0.3, 0.4) is 0 Å². The lowest BCUT2D eigenvalue weighted by atomic mass is 9.90. The molecule has 0 fully saturated rings. The van der Waals surface area contributed by atoms with Crippen LogP contribution >= 0.6 is 22.7 Å². The maximum atomic E-state index is 2.36. The van der Waals surface area contributed by atoms with Gasteiger partial charge in [0.15, 0.2) is 0 Å². The number of thiophene rings is 2. The fourth-order valence-corrected chi connectivity index (χ4v) is 8.38. The van der Waals surface area contributed by atoms with E-state index in [0.29, 0.717) is 0 Å². The maximum absolute atomic E-state index is 2.36. The largest absolute Gasteiger partial charge is 0.135 e. The zero-order valence-electron chi connectivity index (χ0n) is 19.8. The molecule has 0 nitrogen and oxygen atoms in total. The summed E-state index contributed by atoms with van der Waals surface area (Å²) >= 11 is 4.03. The van der Waals surface area contributed by atoms with E-state index < -0.39 is 0 Å². The number of fused-ring (bicyclic) bond motifs is 6. The normalized spacial score (nSPS) is 12.3. The van der Waals surface area contributed by atoms with Gasteiger partial charge in [-0.25, -0.2) is 0 Å². The van der Waals surface area contributed by atoms with Crippen molar-refractivity contribution in [2.24, 2.45) is 0 Å². The fraction of sp³-hybridized carbons (Fsp3) is 0.357. The molecular formula is C28H30S2. The molecule has 0 saturated carbocycles. The molecule has 2 heteroatoms. The van der Waals surface area contributed by atoms with Crippen molar-refractivity contribution in [1.82, 2.24) is 0 Å². The number of rotatable bonds is 0. The van der Waals surface area contributed by atoms with Gasteiger partial charge in [0.25, 0.3) is 0 Å². The van der Waals surface area contributed by atoms with Crippen molar-refractivity contribution in [1.29, 1.82) is 0 Å². The smallest absolute Gasteiger partial charge is 0.0394 e. The highest BCUT2D eigenvalue weighted by Crippen LogP contribution is 2.50. The van der Waals surface area contributed by atoms with E-state index in [1.54, 1.807) is 0 Å². The molecule has 30 heavy (non-hydrogen) atoms. The number of aryl methyl sites for hydroxylation is 6. The van der Waals surface area contributed by atoms with Gasteiger partial charge in [-0.05, 0) is 125 Å². The van der Waals surface area contributed by atoms with E-state index in [1.807, 2.05) is 22.7 Å². The van der Waals surface area contributed by atoms with Gasteiger partial charge < -0.3 is 0 Å². The molecule has 0 saturated heterocycles. The Labute approximate surface area is 187 Å². The summed E-state index contributed by atoms with van der Waals surface area (Å²) in [5.41, 5.74) is 14.6. The van der Waals surface area contributed by atoms with E-state index >= 15 is 0 Å². The monoisotopic (exact) mass is 430 g/mol. The summed E-state index contributed by atoms with van der Waals surface area (Å²) in [6.45, 7) is 23.1. The van der Waals surface area contributed by atoms with E-state index in [-0.39, 0.29) is 0 Å². The Bertz CT molecular complexity index is 1450. The summed E-state index contributed by atoms with van der Waals surface area (Å²) in [6, 6.07) is 0. The molecular weight excluding hydrogens is 400 g/mol. The van der Waals surface area contributed by atoms with E-state index in [2.05, 4.69) is 69.2 Å². The Hall–Kier alpha value is -1.90. The fourth-order valence-electron chi connectivity index (χ4n) is 5.42. The third-order valence-corrected chi connectivity index (χ3v) is 10.9. The summed E-state index contributed by atoms with van der Waals surface area (Å²) in [6.07, 6.45) is 0. The summed E-state index contributed by atoms with van der Waals surface area (Å²) in [5, 5.41) is 5.99. The Kier molecular flexibility index (Phi) is 4.21. The summed E-state index contributed by atoms with van der Waals surface area (Å²) in [7, 11) is 0. The van der Waals surface area contributed by atoms with Crippen molar-refractivity contribution in [3.63, 3.8) is 0 Å². The molecule has 154 valence electrons. The quantitative estimate of drug-likeness (QED) is 0.229. The van der Waals surface area contributed by atoms with Crippen molar-refractivity contribution < 1.29 is 0 Å². The zero-order chi connectivity index (χ0) is 21.8. The Balaban J connectivity index is 2.14. The van der Waals surface area contributed by atoms with Gasteiger partial charge >= 0.3 is 0 Å². The zero-order valence-corrected chi connectivity index (χ0v) is 21.4. The second-order valence-corrected chi connectivity index (χ2v) is 11.3. The highest BCUT2D eigenvalue weighted by atomic mass is 32.1. The lowest BCUT2D eigenvalue weighted by Gasteiger charge is -2.13. The highest BCUT2D eigenvalue weighted by Gasteiger charge is 2.23. The third kappa shape index (κ3) is 2.22. The van der Waals surface area contributed by atoms with Gasteiger partial charge in [0.2, 0.25) is 0 Å². The van der Waals surface area contributed by atoms with Crippen molar-refractivity contribution in [2.75, 3.05) is 0 Å². The molecule has 0 radical (unpaired) electrons. The first-order valence-corrected chi connectivity index (χ1v) is 12.4. The number of hydrogen-bond acceptors (Lipinski definition) is 2. The van der Waals surface area contributed by atoms with Crippen LogP contribution in [-0.4, -0.2) is 0 Å². The lowest BCUT2D eigenvalue weighted by molar-refractivity contribution is 1.26. The first kappa shape index (κ1) is 20.0. The minimum absolute atomic E-state index is 1.45. The molecule has 0 aliphatic heterocycles. The molecule has 5 aromatic rings. The van der Waals surface area contributed by atoms with Crippen LogP contribution in [0.15, 0.2) is 0 Å². The second-order valence-electron chi connectivity index (χ2n) is 9.27. The minimum Gasteiger partial charge on any atom is -0.135 e. The maximum Gasteiger partial charge on any atom is 0.0394 e. The van der Waals surface area contributed by atoms with Gasteiger partial charge in [-0.15, -0.1) is 22.7 Å². The highest BCUT2D eigenvalue weighted by molar-refractivity contribution is 7.28. The summed E-state index contributed by atoms with van der Waals surface area (Å²) < 4.78 is 5.94. The average Bonchev–Trinajstić information content (AvgIpc) is 3.32. The van der Waals surface area contributed by atoms with Crippen molar-refractivity contribution in [3.8, 4) is 0 Å². The summed E-state index contributed by atoms with van der Waals surface area (Å²) in [4.78, 5) is 0. The van der Waals surface area contributed by atoms with Crippen LogP contribution in [0.2, 0.25) is 0 Å². The van der Waals surface area contributed by atoms with Gasteiger partial charge in [-0.1, -0.05) is 0 Å². The molecule has 0 aliphatic carbocycles. The van der Waals surface area contributed by atoms with E-state index in [9.17, 15) is 0 Å². The van der Waals surface area contributed by atoms with Crippen LogP contribution in [0, 0.1) is 69.2 Å². The summed E-state index contributed by atoms with van der Waals surface area (Å²) in [5.74, 6) is 0. The minimum atomic E-state index is 1.45. The van der Waals surface area contributed by atoms with Crippen LogP contribution < -0.4 is 0 Å². The van der Waals surface area contributed by atoms with E-state index in [4.69, 9.17) is 0 Å². The topological polar surface area (TPSA) is 0 Å². The second kappa shape index (κ2) is 6.31. The molecule has 0 N–H and O–H groups in total. The first-order valence-electron chi connectivity index (χ1n) is 10.8. The predicted molar refractivity (Wildman–Crippen MR) is 140 cm³/mol. The van der Waals surface area contributed by atoms with E-state index in [0.717, 1.165) is 0 Å². The molecule has 5 rings (SSSR count). The van der Waals surface area contributed by atoms with Crippen molar-refractivity contribution >= 4 is 63.0 Å². The van der Waals surface area contributed by atoms with Crippen LogP contribution in [0.25, 0.3) is 40.3 Å². The van der Waals surface area contributed by atoms with Crippen molar-refractivity contribution in [3.05, 3.63) is 55.6 Å². The van der Waals surface area contributed by atoms with Crippen LogP contribution in [-0.2, 0) is 0 Å². The Morgan fingerprint density at radius 3 is 0.833 bits per heavy atom. The number of benzene rings is 3. The van der Waals surface area contributed by atoms with Crippen LogP contribution in [0.1, 0.15) is 55.6 Å². The van der Waals surface area contributed by atoms with Crippen LogP contribution in [0.4, 0.5) is 0 Å². The third-order valence-electron chi connectivity index (χ3n) is 8.05. The van der Waals surface area contributed by atoms with Gasteiger partial charge in [-0.2, -0.15) is 0 Å². The van der Waals surface area contributed by atoms with Gasteiger partial charge in [0, 0.05) is 40.3 Å². The molecule has 0 atom stereocenters. The molecule has 3 aromatic carbocycles. The average molecular weight is 431 g/mol. The predicted octanol–water partition coefficient (Wildman–Crippen LogP) is 9.51. The molecule has 0 spiro atoms. The van der Waals surface area contributed by atoms with Crippen molar-refractivity contribution in [2.45, 2.75) is 69.2 Å². The molecule has 0 unspecified atom stereocenters. The Morgan fingerprint density at radius 2 is 0.500 bits per heavy atom. The standard InChI is InChI=1S/C28H30S2/c1-11-13(3)17(7)25-21(15(11)5)23-19(9)28-24(20(10)27(23)29-25)22-16(6)12(2)14(4)18(8)26(22)30-28/h1-10H3. The van der Waals surface area contributed by atoms with Gasteiger partial charge in [0.1, 0.15) is 0 Å². The lowest BCUT2D eigenvalue weighted by Crippen LogP contribution is -1.93. The number of hydrogen-bond donors (Lipinski definition) is 0. The van der Waals surface area contributed by atoms with Crippen LogP contribution in [0.5, 0.6) is 0 Å². The molecule has 2 aromatic heterocycles. The molecule has 2 heterocycles. The Morgan fingerprint density at radius 1 is 0.267 bits per heavy atom.